The van der Waals surface area contributed by atoms with Gasteiger partial charge >= 0.3 is 0 Å². The molecule has 4 N–H and O–H groups in total. The topological polar surface area (TPSA) is 133 Å². The molecule has 3 unspecified atom stereocenters. The van der Waals surface area contributed by atoms with Crippen molar-refractivity contribution >= 4 is 29.9 Å². The first-order chi connectivity index (χ1) is 16.0. The molecule has 0 aromatic heterocycles. The fraction of sp³-hybridized carbons (Fsp3) is 0.542. The Morgan fingerprint density at radius 2 is 1.76 bits per heavy atom. The van der Waals surface area contributed by atoms with E-state index in [1.54, 1.807) is 0 Å². The van der Waals surface area contributed by atoms with E-state index in [0.29, 0.717) is 19.4 Å². The summed E-state index contributed by atoms with van der Waals surface area (Å²) in [7, 11) is 0. The Bertz CT molecular complexity index is 854. The zero-order valence-corrected chi connectivity index (χ0v) is 18.7. The van der Waals surface area contributed by atoms with Gasteiger partial charge in [-0.05, 0) is 31.2 Å². The van der Waals surface area contributed by atoms with Crippen molar-refractivity contribution in [2.75, 3.05) is 6.54 Å². The molecule has 1 heterocycles. The van der Waals surface area contributed by atoms with E-state index in [9.17, 15) is 24.0 Å². The van der Waals surface area contributed by atoms with E-state index < -0.39 is 35.6 Å². The number of carbonyl (C=O) groups excluding carboxylic acids is 5. The summed E-state index contributed by atoms with van der Waals surface area (Å²) in [6.07, 6.45) is 5.99. The maximum Gasteiger partial charge on any atom is 0.289 e. The van der Waals surface area contributed by atoms with Gasteiger partial charge in [-0.15, -0.1) is 0 Å². The first-order valence-corrected chi connectivity index (χ1v) is 11.6. The molecule has 3 rings (SSSR count). The zero-order chi connectivity index (χ0) is 23.6. The van der Waals surface area contributed by atoms with Gasteiger partial charge < -0.3 is 21.3 Å². The van der Waals surface area contributed by atoms with E-state index in [4.69, 9.17) is 0 Å². The Morgan fingerprint density at radius 3 is 2.39 bits per heavy atom. The number of ketones is 1. The summed E-state index contributed by atoms with van der Waals surface area (Å²) < 4.78 is 0. The number of hydrogen-bond acceptors (Lipinski definition) is 5. The van der Waals surface area contributed by atoms with Gasteiger partial charge in [-0.2, -0.15) is 0 Å². The Hall–Kier alpha value is -3.23. The van der Waals surface area contributed by atoms with Crippen LogP contribution in [-0.2, 0) is 30.4 Å². The fourth-order valence-corrected chi connectivity index (χ4v) is 4.48. The highest BCUT2D eigenvalue weighted by Gasteiger charge is 2.35. The van der Waals surface area contributed by atoms with Gasteiger partial charge in [-0.1, -0.05) is 49.6 Å². The van der Waals surface area contributed by atoms with Gasteiger partial charge in [0, 0.05) is 24.9 Å². The molecule has 1 aromatic rings. The normalized spacial score (nSPS) is 20.2. The molecule has 2 aliphatic rings. The van der Waals surface area contributed by atoms with Crippen LogP contribution in [0.3, 0.4) is 0 Å². The monoisotopic (exact) mass is 456 g/mol. The molecule has 178 valence electrons. The third-order valence-electron chi connectivity index (χ3n) is 6.35. The maximum atomic E-state index is 13.0. The van der Waals surface area contributed by atoms with Gasteiger partial charge in [0.1, 0.15) is 6.04 Å². The molecule has 1 saturated carbocycles. The SMILES string of the molecule is O=CNC(Cc1ccccc1)C(=O)NC(CC1CCNC1=O)C(=O)C(=O)NC1CCCCC1. The number of hydrogen-bond donors (Lipinski definition) is 4. The summed E-state index contributed by atoms with van der Waals surface area (Å²) in [4.78, 5) is 61.9. The summed E-state index contributed by atoms with van der Waals surface area (Å²) in [5.41, 5.74) is 0.833. The molecular formula is C24H32N4O5. The maximum absolute atomic E-state index is 13.0. The minimum Gasteiger partial charge on any atom is -0.356 e. The Labute approximate surface area is 193 Å². The number of carbonyl (C=O) groups is 5. The molecule has 0 spiro atoms. The molecule has 9 nitrogen and oxygen atoms in total. The van der Waals surface area contributed by atoms with Gasteiger partial charge in [0.15, 0.2) is 0 Å². The molecule has 9 heteroatoms. The van der Waals surface area contributed by atoms with Crippen molar-refractivity contribution in [2.24, 2.45) is 5.92 Å². The molecule has 0 bridgehead atoms. The smallest absolute Gasteiger partial charge is 0.289 e. The van der Waals surface area contributed by atoms with Gasteiger partial charge in [-0.3, -0.25) is 24.0 Å². The molecule has 2 fully saturated rings. The van der Waals surface area contributed by atoms with Crippen molar-refractivity contribution in [3.05, 3.63) is 35.9 Å². The average Bonchev–Trinajstić information content (AvgIpc) is 3.23. The van der Waals surface area contributed by atoms with Crippen molar-refractivity contribution in [1.82, 2.24) is 21.3 Å². The highest BCUT2D eigenvalue weighted by molar-refractivity contribution is 6.38. The number of amides is 4. The first kappa shape index (κ1) is 24.4. The second-order valence-corrected chi connectivity index (χ2v) is 8.77. The van der Waals surface area contributed by atoms with Gasteiger partial charge in [0.2, 0.25) is 24.0 Å². The minimum atomic E-state index is -1.15. The lowest BCUT2D eigenvalue weighted by molar-refractivity contribution is -0.141. The third kappa shape index (κ3) is 7.13. The summed E-state index contributed by atoms with van der Waals surface area (Å²) in [6, 6.07) is 7.03. The van der Waals surface area contributed by atoms with Crippen LogP contribution in [0, 0.1) is 5.92 Å². The Balaban J connectivity index is 1.70. The molecule has 33 heavy (non-hydrogen) atoms. The van der Waals surface area contributed by atoms with E-state index >= 15 is 0 Å². The van der Waals surface area contributed by atoms with Gasteiger partial charge in [0.05, 0.1) is 6.04 Å². The van der Waals surface area contributed by atoms with Crippen LogP contribution in [0.2, 0.25) is 0 Å². The Kier molecular flexibility index (Phi) is 8.97. The molecule has 1 aliphatic carbocycles. The predicted octanol–water partition coefficient (Wildman–Crippen LogP) is 0.373. The average molecular weight is 457 g/mol. The number of nitrogens with one attached hydrogen (secondary N) is 4. The van der Waals surface area contributed by atoms with Crippen LogP contribution in [0.4, 0.5) is 0 Å². The zero-order valence-electron chi connectivity index (χ0n) is 18.7. The molecule has 1 aliphatic heterocycles. The summed E-state index contributed by atoms with van der Waals surface area (Å²) in [6.45, 7) is 0.496. The van der Waals surface area contributed by atoms with Crippen molar-refractivity contribution in [1.29, 1.82) is 0 Å². The standard InChI is InChI=1S/C24H32N4O5/c29-15-26-20(13-16-7-3-1-4-8-16)23(32)28-19(14-17-11-12-25-22(17)31)21(30)24(33)27-18-9-5-2-6-10-18/h1,3-4,7-8,15,17-20H,2,5-6,9-14H2,(H,25,31)(H,26,29)(H,27,33)(H,28,32). The number of Topliss-reactive ketones (excluding diaryl/α,β-unsaturated/α-hetero) is 1. The summed E-state index contributed by atoms with van der Waals surface area (Å²) in [5, 5.41) is 10.6. The molecule has 3 atom stereocenters. The second kappa shape index (κ2) is 12.1. The van der Waals surface area contributed by atoms with Crippen molar-refractivity contribution < 1.29 is 24.0 Å². The molecule has 0 radical (unpaired) electrons. The van der Waals surface area contributed by atoms with Crippen molar-refractivity contribution in [2.45, 2.75) is 69.5 Å². The highest BCUT2D eigenvalue weighted by atomic mass is 16.2. The van der Waals surface area contributed by atoms with Gasteiger partial charge in [0.25, 0.3) is 5.91 Å². The molecule has 1 saturated heterocycles. The van der Waals surface area contributed by atoms with Crippen LogP contribution in [0.1, 0.15) is 50.5 Å². The van der Waals surface area contributed by atoms with E-state index in [1.807, 2.05) is 30.3 Å². The number of rotatable bonds is 11. The van der Waals surface area contributed by atoms with Crippen LogP contribution in [0.15, 0.2) is 30.3 Å². The van der Waals surface area contributed by atoms with Crippen LogP contribution >= 0.6 is 0 Å². The number of benzene rings is 1. The predicted molar refractivity (Wildman–Crippen MR) is 121 cm³/mol. The van der Waals surface area contributed by atoms with Crippen LogP contribution in [-0.4, -0.2) is 54.6 Å². The van der Waals surface area contributed by atoms with Crippen molar-refractivity contribution in [3.63, 3.8) is 0 Å². The summed E-state index contributed by atoms with van der Waals surface area (Å²) in [5.74, 6) is -2.74. The minimum absolute atomic E-state index is 0.0354. The van der Waals surface area contributed by atoms with E-state index in [0.717, 1.165) is 37.7 Å². The lowest BCUT2D eigenvalue weighted by Crippen LogP contribution is -2.55. The van der Waals surface area contributed by atoms with Crippen LogP contribution < -0.4 is 21.3 Å². The first-order valence-electron chi connectivity index (χ1n) is 11.6. The van der Waals surface area contributed by atoms with Gasteiger partial charge in [-0.25, -0.2) is 0 Å². The lowest BCUT2D eigenvalue weighted by atomic mass is 9.93. The van der Waals surface area contributed by atoms with Crippen LogP contribution in [0.25, 0.3) is 0 Å². The van der Waals surface area contributed by atoms with E-state index in [2.05, 4.69) is 21.3 Å². The third-order valence-corrected chi connectivity index (χ3v) is 6.35. The lowest BCUT2D eigenvalue weighted by Gasteiger charge is -2.25. The Morgan fingerprint density at radius 1 is 1.03 bits per heavy atom. The van der Waals surface area contributed by atoms with E-state index in [-0.39, 0.29) is 24.8 Å². The summed E-state index contributed by atoms with van der Waals surface area (Å²) >= 11 is 0. The molecule has 4 amide bonds. The van der Waals surface area contributed by atoms with Crippen LogP contribution in [0.5, 0.6) is 0 Å². The van der Waals surface area contributed by atoms with Crippen molar-refractivity contribution in [3.8, 4) is 0 Å². The molecule has 1 aromatic carbocycles. The quantitative estimate of drug-likeness (QED) is 0.282. The fourth-order valence-electron chi connectivity index (χ4n) is 4.48. The largest absolute Gasteiger partial charge is 0.356 e. The molecular weight excluding hydrogens is 424 g/mol. The van der Waals surface area contributed by atoms with E-state index in [1.165, 1.54) is 0 Å². The highest BCUT2D eigenvalue weighted by Crippen LogP contribution is 2.19. The second-order valence-electron chi connectivity index (χ2n) is 8.77.